The number of carbonyl (C=O) groups is 4. The van der Waals surface area contributed by atoms with Crippen LogP contribution < -0.4 is 27.8 Å². The molecule has 0 aromatic carbocycles. The van der Waals surface area contributed by atoms with Crippen LogP contribution in [0.2, 0.25) is 0 Å². The molecule has 0 aliphatic heterocycles. The van der Waals surface area contributed by atoms with Crippen molar-refractivity contribution in [1.82, 2.24) is 10.6 Å². The van der Waals surface area contributed by atoms with E-state index < -0.39 is 36.4 Å². The van der Waals surface area contributed by atoms with Crippen molar-refractivity contribution < 1.29 is 24.3 Å². The second-order valence-electron chi connectivity index (χ2n) is 5.14. The minimum atomic E-state index is -1.33. The Bertz CT molecular complexity index is 503. The fourth-order valence-corrected chi connectivity index (χ4v) is 1.68. The lowest BCUT2D eigenvalue weighted by atomic mass is 10.1. The van der Waals surface area contributed by atoms with Gasteiger partial charge in [0.05, 0.1) is 12.6 Å². The van der Waals surface area contributed by atoms with E-state index in [2.05, 4.69) is 15.6 Å². The van der Waals surface area contributed by atoms with E-state index in [4.69, 9.17) is 22.3 Å². The highest BCUT2D eigenvalue weighted by molar-refractivity contribution is 5.91. The van der Waals surface area contributed by atoms with E-state index in [0.29, 0.717) is 19.4 Å². The van der Waals surface area contributed by atoms with Gasteiger partial charge in [0.1, 0.15) is 11.8 Å². The number of carbonyl (C=O) groups excluding carboxylic acids is 3. The fraction of sp³-hybridized carbons (Fsp3) is 0.615. The average molecular weight is 344 g/mol. The maximum absolute atomic E-state index is 11.7. The molecule has 2 amide bonds. The third-order valence-corrected chi connectivity index (χ3v) is 2.85. The summed E-state index contributed by atoms with van der Waals surface area (Å²) < 4.78 is 0. The molecule has 0 aromatic rings. The number of guanidine groups is 1. The maximum atomic E-state index is 11.7. The van der Waals surface area contributed by atoms with Crippen molar-refractivity contribution in [3.05, 3.63) is 0 Å². The van der Waals surface area contributed by atoms with Crippen LogP contribution in [-0.4, -0.2) is 59.8 Å². The van der Waals surface area contributed by atoms with Gasteiger partial charge in [0.15, 0.2) is 5.96 Å². The lowest BCUT2D eigenvalue weighted by molar-refractivity contribution is -0.143. The first-order chi connectivity index (χ1) is 11.1. The van der Waals surface area contributed by atoms with E-state index in [1.807, 2.05) is 0 Å². The Kier molecular flexibility index (Phi) is 9.71. The number of rotatable bonds is 11. The summed E-state index contributed by atoms with van der Waals surface area (Å²) in [6.07, 6.45) is 0.462. The number of carboxylic acids is 1. The zero-order valence-corrected chi connectivity index (χ0v) is 13.4. The average Bonchev–Trinajstić information content (AvgIpc) is 2.47. The number of hydrogen-bond acceptors (Lipinski definition) is 6. The van der Waals surface area contributed by atoms with Crippen LogP contribution in [0.15, 0.2) is 4.99 Å². The van der Waals surface area contributed by atoms with E-state index in [0.717, 1.165) is 0 Å². The summed E-state index contributed by atoms with van der Waals surface area (Å²) in [5.74, 6) is -3.06. The van der Waals surface area contributed by atoms with Crippen LogP contribution >= 0.6 is 0 Å². The lowest BCUT2D eigenvalue weighted by Gasteiger charge is -2.15. The summed E-state index contributed by atoms with van der Waals surface area (Å²) in [6.45, 7) is 1.10. The molecule has 24 heavy (non-hydrogen) atoms. The topological polar surface area (TPSA) is 203 Å². The molecule has 0 rings (SSSR count). The minimum absolute atomic E-state index is 0.0526. The Balaban J connectivity index is 4.19. The smallest absolute Gasteiger partial charge is 0.326 e. The number of aliphatic carboxylic acids is 1. The zero-order valence-electron chi connectivity index (χ0n) is 13.4. The molecule has 0 aromatic heterocycles. The summed E-state index contributed by atoms with van der Waals surface area (Å²) in [5.41, 5.74) is 15.9. The van der Waals surface area contributed by atoms with Crippen molar-refractivity contribution in [2.75, 3.05) is 13.1 Å². The number of Topliss-reactive ketones (excluding diaryl/α,β-unsaturated/α-hetero) is 1. The second kappa shape index (κ2) is 10.9. The van der Waals surface area contributed by atoms with E-state index in [9.17, 15) is 19.2 Å². The SMILES string of the molecule is CC(=O)CC(NC(=O)CNC(=O)C(N)CCCN=C(N)N)C(=O)O. The number of amides is 2. The molecule has 0 aliphatic rings. The molecule has 2 atom stereocenters. The monoisotopic (exact) mass is 344 g/mol. The summed E-state index contributed by atoms with van der Waals surface area (Å²) in [5, 5.41) is 13.3. The Labute approximate surface area is 139 Å². The number of nitrogens with one attached hydrogen (secondary N) is 2. The van der Waals surface area contributed by atoms with E-state index in [1.165, 1.54) is 6.92 Å². The molecule has 0 bridgehead atoms. The van der Waals surface area contributed by atoms with Gasteiger partial charge in [0.2, 0.25) is 11.8 Å². The van der Waals surface area contributed by atoms with Gasteiger partial charge in [-0.2, -0.15) is 0 Å². The third-order valence-electron chi connectivity index (χ3n) is 2.85. The molecule has 9 N–H and O–H groups in total. The van der Waals surface area contributed by atoms with E-state index >= 15 is 0 Å². The van der Waals surface area contributed by atoms with Gasteiger partial charge in [-0.3, -0.25) is 19.4 Å². The van der Waals surface area contributed by atoms with Crippen LogP contribution in [-0.2, 0) is 19.2 Å². The van der Waals surface area contributed by atoms with Crippen molar-refractivity contribution >= 4 is 29.5 Å². The molecule has 2 unspecified atom stereocenters. The number of carboxylic acid groups (broad SMARTS) is 1. The molecule has 0 radical (unpaired) electrons. The molecule has 0 heterocycles. The van der Waals surface area contributed by atoms with Crippen LogP contribution in [0.5, 0.6) is 0 Å². The Hall–Kier alpha value is -2.69. The number of ketones is 1. The highest BCUT2D eigenvalue weighted by Gasteiger charge is 2.22. The van der Waals surface area contributed by atoms with Crippen molar-refractivity contribution in [3.8, 4) is 0 Å². The highest BCUT2D eigenvalue weighted by atomic mass is 16.4. The quantitative estimate of drug-likeness (QED) is 0.129. The van der Waals surface area contributed by atoms with Crippen molar-refractivity contribution in [3.63, 3.8) is 0 Å². The maximum Gasteiger partial charge on any atom is 0.326 e. The van der Waals surface area contributed by atoms with Crippen LogP contribution in [0.1, 0.15) is 26.2 Å². The normalized spacial score (nSPS) is 12.6. The number of hydrogen-bond donors (Lipinski definition) is 6. The molecular formula is C13H24N6O5. The molecular weight excluding hydrogens is 320 g/mol. The Morgan fingerprint density at radius 2 is 1.83 bits per heavy atom. The summed E-state index contributed by atoms with van der Waals surface area (Å²) in [7, 11) is 0. The largest absolute Gasteiger partial charge is 0.480 e. The number of nitrogens with zero attached hydrogens (tertiary/aromatic N) is 1. The molecule has 0 spiro atoms. The summed E-state index contributed by atoms with van der Waals surface area (Å²) in [4.78, 5) is 48.9. The lowest BCUT2D eigenvalue weighted by Crippen LogP contribution is -2.48. The van der Waals surface area contributed by atoms with Crippen LogP contribution in [0, 0.1) is 0 Å². The van der Waals surface area contributed by atoms with Gasteiger partial charge in [-0.1, -0.05) is 0 Å². The van der Waals surface area contributed by atoms with Crippen LogP contribution in [0.3, 0.4) is 0 Å². The predicted octanol–water partition coefficient (Wildman–Crippen LogP) is -2.97. The standard InChI is InChI=1S/C13H24N6O5/c1-7(20)5-9(12(23)24)19-10(21)6-18-11(22)8(14)3-2-4-17-13(15)16/h8-9H,2-6,14H2,1H3,(H,18,22)(H,19,21)(H,23,24)(H4,15,16,17). The first kappa shape index (κ1) is 21.3. The van der Waals surface area contributed by atoms with Gasteiger partial charge in [-0.05, 0) is 19.8 Å². The number of nitrogens with two attached hydrogens (primary N) is 3. The Morgan fingerprint density at radius 1 is 1.21 bits per heavy atom. The van der Waals surface area contributed by atoms with Crippen molar-refractivity contribution in [2.24, 2.45) is 22.2 Å². The van der Waals surface area contributed by atoms with E-state index in [-0.39, 0.29) is 18.2 Å². The molecule has 136 valence electrons. The van der Waals surface area contributed by atoms with E-state index in [1.54, 1.807) is 0 Å². The van der Waals surface area contributed by atoms with Gasteiger partial charge < -0.3 is 32.9 Å². The van der Waals surface area contributed by atoms with Crippen LogP contribution in [0.25, 0.3) is 0 Å². The van der Waals surface area contributed by atoms with Gasteiger partial charge in [-0.15, -0.1) is 0 Å². The summed E-state index contributed by atoms with van der Waals surface area (Å²) in [6, 6.07) is -2.18. The fourth-order valence-electron chi connectivity index (χ4n) is 1.68. The molecule has 11 heteroatoms. The van der Waals surface area contributed by atoms with Crippen molar-refractivity contribution in [2.45, 2.75) is 38.3 Å². The third kappa shape index (κ3) is 10.1. The highest BCUT2D eigenvalue weighted by Crippen LogP contribution is 1.96. The second-order valence-corrected chi connectivity index (χ2v) is 5.14. The molecule has 0 fully saturated rings. The first-order valence-corrected chi connectivity index (χ1v) is 7.23. The molecule has 0 saturated heterocycles. The van der Waals surface area contributed by atoms with Crippen molar-refractivity contribution in [1.29, 1.82) is 0 Å². The van der Waals surface area contributed by atoms with Crippen LogP contribution in [0.4, 0.5) is 0 Å². The molecule has 11 nitrogen and oxygen atoms in total. The summed E-state index contributed by atoms with van der Waals surface area (Å²) >= 11 is 0. The molecule has 0 aliphatic carbocycles. The van der Waals surface area contributed by atoms with Gasteiger partial charge in [0, 0.05) is 13.0 Å². The predicted molar refractivity (Wildman–Crippen MR) is 85.8 cm³/mol. The van der Waals surface area contributed by atoms with Gasteiger partial charge >= 0.3 is 5.97 Å². The Morgan fingerprint density at radius 3 is 2.33 bits per heavy atom. The molecule has 0 saturated carbocycles. The minimum Gasteiger partial charge on any atom is -0.480 e. The zero-order chi connectivity index (χ0) is 18.7. The van der Waals surface area contributed by atoms with Gasteiger partial charge in [-0.25, -0.2) is 4.79 Å². The first-order valence-electron chi connectivity index (χ1n) is 7.23. The number of aliphatic imine (C=N–C) groups is 1. The van der Waals surface area contributed by atoms with Gasteiger partial charge in [0.25, 0.3) is 0 Å².